The molecular formula is C15H17NO2. The second-order valence-corrected chi connectivity index (χ2v) is 4.19. The van der Waals surface area contributed by atoms with E-state index in [1.54, 1.807) is 13.3 Å². The Morgan fingerprint density at radius 2 is 2.17 bits per heavy atom. The molecule has 3 heteroatoms. The van der Waals surface area contributed by atoms with Crippen molar-refractivity contribution in [1.29, 1.82) is 0 Å². The van der Waals surface area contributed by atoms with E-state index in [9.17, 15) is 5.11 Å². The molecule has 0 aliphatic rings. The van der Waals surface area contributed by atoms with Gasteiger partial charge in [0.1, 0.15) is 5.75 Å². The van der Waals surface area contributed by atoms with Gasteiger partial charge >= 0.3 is 0 Å². The van der Waals surface area contributed by atoms with Gasteiger partial charge in [-0.1, -0.05) is 18.2 Å². The first-order valence-corrected chi connectivity index (χ1v) is 6.00. The largest absolute Gasteiger partial charge is 0.497 e. The van der Waals surface area contributed by atoms with Crippen molar-refractivity contribution in [1.82, 2.24) is 4.98 Å². The number of benzene rings is 1. The van der Waals surface area contributed by atoms with Gasteiger partial charge in [-0.25, -0.2) is 0 Å². The number of aryl methyl sites for hydroxylation is 1. The standard InChI is InChI=1S/C15H17NO2/c1-18-14-6-2-5-13(10-14)15(17)8-7-12-4-3-9-16-11-12/h2-6,9-11,15,17H,7-8H2,1H3. The van der Waals surface area contributed by atoms with Crippen LogP contribution in [0.25, 0.3) is 0 Å². The molecule has 0 aliphatic carbocycles. The molecule has 94 valence electrons. The molecule has 18 heavy (non-hydrogen) atoms. The summed E-state index contributed by atoms with van der Waals surface area (Å²) in [6.45, 7) is 0. The topological polar surface area (TPSA) is 42.4 Å². The van der Waals surface area contributed by atoms with Crippen LogP contribution in [-0.2, 0) is 6.42 Å². The van der Waals surface area contributed by atoms with Crippen molar-refractivity contribution in [2.45, 2.75) is 18.9 Å². The summed E-state index contributed by atoms with van der Waals surface area (Å²) < 4.78 is 5.15. The third-order valence-corrected chi connectivity index (χ3v) is 2.91. The summed E-state index contributed by atoms with van der Waals surface area (Å²) in [6.07, 6.45) is 4.60. The summed E-state index contributed by atoms with van der Waals surface area (Å²) >= 11 is 0. The van der Waals surface area contributed by atoms with Gasteiger partial charge in [0.25, 0.3) is 0 Å². The molecule has 3 nitrogen and oxygen atoms in total. The van der Waals surface area contributed by atoms with Crippen LogP contribution >= 0.6 is 0 Å². The molecule has 1 atom stereocenters. The van der Waals surface area contributed by atoms with Crippen molar-refractivity contribution in [2.75, 3.05) is 7.11 Å². The van der Waals surface area contributed by atoms with E-state index in [1.807, 2.05) is 42.6 Å². The first-order valence-electron chi connectivity index (χ1n) is 6.00. The van der Waals surface area contributed by atoms with Gasteiger partial charge in [0, 0.05) is 12.4 Å². The van der Waals surface area contributed by atoms with Crippen LogP contribution < -0.4 is 4.74 Å². The lowest BCUT2D eigenvalue weighted by molar-refractivity contribution is 0.167. The monoisotopic (exact) mass is 243 g/mol. The number of aliphatic hydroxyl groups excluding tert-OH is 1. The minimum Gasteiger partial charge on any atom is -0.497 e. The van der Waals surface area contributed by atoms with E-state index in [4.69, 9.17) is 4.74 Å². The molecule has 1 unspecified atom stereocenters. The smallest absolute Gasteiger partial charge is 0.119 e. The maximum atomic E-state index is 10.1. The van der Waals surface area contributed by atoms with Gasteiger partial charge in [-0.3, -0.25) is 4.98 Å². The van der Waals surface area contributed by atoms with Crippen LogP contribution in [0.4, 0.5) is 0 Å². The second-order valence-electron chi connectivity index (χ2n) is 4.19. The Hall–Kier alpha value is -1.87. The van der Waals surface area contributed by atoms with E-state index >= 15 is 0 Å². The molecule has 1 N–H and O–H groups in total. The lowest BCUT2D eigenvalue weighted by atomic mass is 10.0. The lowest BCUT2D eigenvalue weighted by Gasteiger charge is -2.12. The summed E-state index contributed by atoms with van der Waals surface area (Å²) in [6, 6.07) is 11.5. The Labute approximate surface area is 107 Å². The normalized spacial score (nSPS) is 12.1. The fourth-order valence-corrected chi connectivity index (χ4v) is 1.86. The maximum absolute atomic E-state index is 10.1. The molecule has 0 spiro atoms. The highest BCUT2D eigenvalue weighted by Gasteiger charge is 2.08. The number of aromatic nitrogens is 1. The Morgan fingerprint density at radius 3 is 2.89 bits per heavy atom. The zero-order valence-corrected chi connectivity index (χ0v) is 10.4. The summed E-state index contributed by atoms with van der Waals surface area (Å²) in [5.74, 6) is 0.771. The maximum Gasteiger partial charge on any atom is 0.119 e. The molecule has 0 bridgehead atoms. The molecule has 2 aromatic rings. The van der Waals surface area contributed by atoms with Crippen molar-refractivity contribution in [2.24, 2.45) is 0 Å². The van der Waals surface area contributed by atoms with E-state index < -0.39 is 6.10 Å². The van der Waals surface area contributed by atoms with Crippen LogP contribution in [0.15, 0.2) is 48.8 Å². The van der Waals surface area contributed by atoms with E-state index in [-0.39, 0.29) is 0 Å². The van der Waals surface area contributed by atoms with Crippen LogP contribution in [0.3, 0.4) is 0 Å². The molecular weight excluding hydrogens is 226 g/mol. The minimum absolute atomic E-state index is 0.472. The highest BCUT2D eigenvalue weighted by atomic mass is 16.5. The van der Waals surface area contributed by atoms with E-state index in [0.717, 1.165) is 23.3 Å². The molecule has 1 aromatic carbocycles. The van der Waals surface area contributed by atoms with E-state index in [0.29, 0.717) is 6.42 Å². The molecule has 0 amide bonds. The van der Waals surface area contributed by atoms with Crippen LogP contribution in [0.1, 0.15) is 23.7 Å². The molecule has 1 heterocycles. The predicted molar refractivity (Wildman–Crippen MR) is 70.5 cm³/mol. The van der Waals surface area contributed by atoms with Crippen molar-refractivity contribution >= 4 is 0 Å². The van der Waals surface area contributed by atoms with Gasteiger partial charge in [0.15, 0.2) is 0 Å². The average molecular weight is 243 g/mol. The quantitative estimate of drug-likeness (QED) is 0.878. The Morgan fingerprint density at radius 1 is 1.28 bits per heavy atom. The number of rotatable bonds is 5. The molecule has 0 aliphatic heterocycles. The zero-order chi connectivity index (χ0) is 12.8. The number of pyridine rings is 1. The molecule has 1 aromatic heterocycles. The van der Waals surface area contributed by atoms with Crippen molar-refractivity contribution < 1.29 is 9.84 Å². The summed E-state index contributed by atoms with van der Waals surface area (Å²) in [7, 11) is 1.63. The van der Waals surface area contributed by atoms with Crippen molar-refractivity contribution in [3.63, 3.8) is 0 Å². The zero-order valence-electron chi connectivity index (χ0n) is 10.4. The first kappa shape index (κ1) is 12.6. The third-order valence-electron chi connectivity index (χ3n) is 2.91. The number of aliphatic hydroxyl groups is 1. The number of hydrogen-bond acceptors (Lipinski definition) is 3. The first-order chi connectivity index (χ1) is 8.79. The summed E-state index contributed by atoms with van der Waals surface area (Å²) in [4.78, 5) is 4.06. The third kappa shape index (κ3) is 3.31. The number of hydrogen-bond donors (Lipinski definition) is 1. The number of nitrogens with zero attached hydrogens (tertiary/aromatic N) is 1. The molecule has 0 radical (unpaired) electrons. The molecule has 0 saturated heterocycles. The van der Waals surface area contributed by atoms with Gasteiger partial charge in [0.2, 0.25) is 0 Å². The van der Waals surface area contributed by atoms with Crippen LogP contribution in [0.2, 0.25) is 0 Å². The highest BCUT2D eigenvalue weighted by molar-refractivity contribution is 5.29. The van der Waals surface area contributed by atoms with E-state index in [1.165, 1.54) is 0 Å². The van der Waals surface area contributed by atoms with Gasteiger partial charge < -0.3 is 9.84 Å². The van der Waals surface area contributed by atoms with Crippen molar-refractivity contribution in [3.8, 4) is 5.75 Å². The van der Waals surface area contributed by atoms with Crippen LogP contribution in [-0.4, -0.2) is 17.2 Å². The number of ether oxygens (including phenoxy) is 1. The van der Waals surface area contributed by atoms with Gasteiger partial charge in [-0.15, -0.1) is 0 Å². The fourth-order valence-electron chi connectivity index (χ4n) is 1.86. The highest BCUT2D eigenvalue weighted by Crippen LogP contribution is 2.22. The van der Waals surface area contributed by atoms with Crippen molar-refractivity contribution in [3.05, 3.63) is 59.9 Å². The number of methoxy groups -OCH3 is 1. The SMILES string of the molecule is COc1cccc(C(O)CCc2cccnc2)c1. The Bertz CT molecular complexity index is 485. The predicted octanol–water partition coefficient (Wildman–Crippen LogP) is 2.76. The van der Waals surface area contributed by atoms with Crippen LogP contribution in [0.5, 0.6) is 5.75 Å². The van der Waals surface area contributed by atoms with Gasteiger partial charge in [-0.2, -0.15) is 0 Å². The summed E-state index contributed by atoms with van der Waals surface area (Å²) in [5, 5.41) is 10.1. The average Bonchev–Trinajstić information content (AvgIpc) is 2.46. The van der Waals surface area contributed by atoms with Crippen LogP contribution in [0, 0.1) is 0 Å². The minimum atomic E-state index is -0.472. The Balaban J connectivity index is 1.97. The molecule has 2 rings (SSSR count). The fraction of sp³-hybridized carbons (Fsp3) is 0.267. The summed E-state index contributed by atoms with van der Waals surface area (Å²) in [5.41, 5.74) is 2.03. The molecule has 0 saturated carbocycles. The second kappa shape index (κ2) is 6.17. The van der Waals surface area contributed by atoms with E-state index in [2.05, 4.69) is 4.98 Å². The van der Waals surface area contributed by atoms with Gasteiger partial charge in [-0.05, 0) is 42.2 Å². The molecule has 0 fully saturated rings. The Kier molecular flexibility index (Phi) is 4.31. The lowest BCUT2D eigenvalue weighted by Crippen LogP contribution is -2.00. The van der Waals surface area contributed by atoms with Gasteiger partial charge in [0.05, 0.1) is 13.2 Å².